The maximum atomic E-state index is 12.2. The van der Waals surface area contributed by atoms with Crippen molar-refractivity contribution >= 4 is 33.2 Å². The summed E-state index contributed by atoms with van der Waals surface area (Å²) in [6.07, 6.45) is 0. The van der Waals surface area contributed by atoms with Crippen LogP contribution in [0.15, 0.2) is 47.4 Å². The van der Waals surface area contributed by atoms with Crippen LogP contribution in [0.1, 0.15) is 0 Å². The quantitative estimate of drug-likeness (QED) is 0.763. The van der Waals surface area contributed by atoms with Crippen molar-refractivity contribution < 1.29 is 22.7 Å². The first-order valence-electron chi connectivity index (χ1n) is 7.13. The Balaban J connectivity index is 2.07. The first-order chi connectivity index (χ1) is 11.9. The van der Waals surface area contributed by atoms with E-state index in [1.807, 2.05) is 0 Å². The molecular formula is C16H17ClN2O5S. The molecule has 2 N–H and O–H groups in total. The zero-order chi connectivity index (χ0) is 18.4. The van der Waals surface area contributed by atoms with Gasteiger partial charge >= 0.3 is 0 Å². The van der Waals surface area contributed by atoms with E-state index in [0.29, 0.717) is 17.2 Å². The number of halogens is 1. The molecule has 0 saturated heterocycles. The zero-order valence-corrected chi connectivity index (χ0v) is 15.1. The third-order valence-electron chi connectivity index (χ3n) is 3.23. The summed E-state index contributed by atoms with van der Waals surface area (Å²) in [4.78, 5) is 12.0. The minimum atomic E-state index is -3.91. The normalized spacial score (nSPS) is 11.0. The lowest BCUT2D eigenvalue weighted by Crippen LogP contribution is -2.33. The van der Waals surface area contributed by atoms with Gasteiger partial charge in [-0.25, -0.2) is 13.1 Å². The fourth-order valence-electron chi connectivity index (χ4n) is 2.01. The first kappa shape index (κ1) is 19.0. The lowest BCUT2D eigenvalue weighted by atomic mass is 10.2. The highest BCUT2D eigenvalue weighted by Gasteiger charge is 2.19. The van der Waals surface area contributed by atoms with Crippen LogP contribution in [0.4, 0.5) is 5.69 Å². The van der Waals surface area contributed by atoms with E-state index in [0.717, 1.165) is 0 Å². The van der Waals surface area contributed by atoms with Crippen LogP contribution in [0.3, 0.4) is 0 Å². The lowest BCUT2D eigenvalue weighted by molar-refractivity contribution is -0.115. The summed E-state index contributed by atoms with van der Waals surface area (Å²) in [5, 5.41) is 2.64. The van der Waals surface area contributed by atoms with Gasteiger partial charge in [0.05, 0.1) is 31.5 Å². The number of methoxy groups -OCH3 is 2. The SMILES string of the molecule is COc1ccc(OC)c(NC(=O)CNS(=O)(=O)c2ccccc2Cl)c1. The van der Waals surface area contributed by atoms with Gasteiger partial charge in [-0.3, -0.25) is 4.79 Å². The number of hydrogen-bond donors (Lipinski definition) is 2. The Kier molecular flexibility index (Phi) is 6.24. The second-order valence-corrected chi connectivity index (χ2v) is 7.01. The second kappa shape index (κ2) is 8.19. The number of nitrogens with one attached hydrogen (secondary N) is 2. The Labute approximate surface area is 151 Å². The van der Waals surface area contributed by atoms with E-state index < -0.39 is 22.5 Å². The van der Waals surface area contributed by atoms with Crippen molar-refractivity contribution in [1.82, 2.24) is 4.72 Å². The van der Waals surface area contributed by atoms with Gasteiger partial charge in [-0.15, -0.1) is 0 Å². The maximum Gasteiger partial charge on any atom is 0.242 e. The molecule has 0 spiro atoms. The van der Waals surface area contributed by atoms with Crippen LogP contribution in [0.25, 0.3) is 0 Å². The monoisotopic (exact) mass is 384 g/mol. The van der Waals surface area contributed by atoms with Crippen LogP contribution in [0.2, 0.25) is 5.02 Å². The Morgan fingerprint density at radius 3 is 2.48 bits per heavy atom. The molecule has 0 radical (unpaired) electrons. The van der Waals surface area contributed by atoms with E-state index in [9.17, 15) is 13.2 Å². The highest BCUT2D eigenvalue weighted by molar-refractivity contribution is 7.89. The van der Waals surface area contributed by atoms with Crippen LogP contribution in [-0.4, -0.2) is 35.1 Å². The second-order valence-electron chi connectivity index (χ2n) is 4.87. The van der Waals surface area contributed by atoms with E-state index in [1.54, 1.807) is 30.3 Å². The number of amides is 1. The van der Waals surface area contributed by atoms with Crippen molar-refractivity contribution in [2.24, 2.45) is 0 Å². The van der Waals surface area contributed by atoms with E-state index in [2.05, 4.69) is 10.0 Å². The van der Waals surface area contributed by atoms with Crippen LogP contribution >= 0.6 is 11.6 Å². The predicted molar refractivity (Wildman–Crippen MR) is 94.8 cm³/mol. The molecule has 0 heterocycles. The molecule has 9 heteroatoms. The summed E-state index contributed by atoms with van der Waals surface area (Å²) in [5.74, 6) is 0.373. The van der Waals surface area contributed by atoms with Gasteiger partial charge in [0, 0.05) is 6.07 Å². The maximum absolute atomic E-state index is 12.2. The van der Waals surface area contributed by atoms with Gasteiger partial charge in [-0.05, 0) is 24.3 Å². The molecule has 134 valence electrons. The molecule has 0 saturated carbocycles. The number of anilines is 1. The molecule has 7 nitrogen and oxygen atoms in total. The van der Waals surface area contributed by atoms with Crippen molar-refractivity contribution in [3.63, 3.8) is 0 Å². The lowest BCUT2D eigenvalue weighted by Gasteiger charge is -2.12. The largest absolute Gasteiger partial charge is 0.497 e. The Hall–Kier alpha value is -2.29. The molecular weight excluding hydrogens is 368 g/mol. The van der Waals surface area contributed by atoms with Crippen LogP contribution in [-0.2, 0) is 14.8 Å². The summed E-state index contributed by atoms with van der Waals surface area (Å²) >= 11 is 5.88. The summed E-state index contributed by atoms with van der Waals surface area (Å²) in [5.41, 5.74) is 0.365. The van der Waals surface area contributed by atoms with Gasteiger partial charge in [-0.2, -0.15) is 0 Å². The summed E-state index contributed by atoms with van der Waals surface area (Å²) in [6.45, 7) is -0.464. The molecule has 0 unspecified atom stereocenters. The van der Waals surface area contributed by atoms with Crippen molar-refractivity contribution in [2.75, 3.05) is 26.1 Å². The number of benzene rings is 2. The molecule has 1 amide bonds. The standard InChI is InChI=1S/C16H17ClN2O5S/c1-23-11-7-8-14(24-2)13(9-11)19-16(20)10-18-25(21,22)15-6-4-3-5-12(15)17/h3-9,18H,10H2,1-2H3,(H,19,20). The van der Waals surface area contributed by atoms with Crippen LogP contribution in [0.5, 0.6) is 11.5 Å². The van der Waals surface area contributed by atoms with Crippen molar-refractivity contribution in [3.8, 4) is 11.5 Å². The Morgan fingerprint density at radius 1 is 1.12 bits per heavy atom. The fraction of sp³-hybridized carbons (Fsp3) is 0.188. The molecule has 0 atom stereocenters. The van der Waals surface area contributed by atoms with E-state index in [4.69, 9.17) is 21.1 Å². The third-order valence-corrected chi connectivity index (χ3v) is 5.13. The van der Waals surface area contributed by atoms with Crippen LogP contribution < -0.4 is 19.5 Å². The number of rotatable bonds is 7. The molecule has 2 aromatic carbocycles. The smallest absolute Gasteiger partial charge is 0.242 e. The molecule has 0 aliphatic rings. The van der Waals surface area contributed by atoms with Gasteiger partial charge in [0.1, 0.15) is 16.4 Å². The van der Waals surface area contributed by atoms with Gasteiger partial charge in [0.15, 0.2) is 0 Å². The number of ether oxygens (including phenoxy) is 2. The molecule has 0 aliphatic heterocycles. The molecule has 2 rings (SSSR count). The van der Waals surface area contributed by atoms with Gasteiger partial charge in [0.2, 0.25) is 15.9 Å². The van der Waals surface area contributed by atoms with E-state index in [-0.39, 0.29) is 9.92 Å². The van der Waals surface area contributed by atoms with Crippen LogP contribution in [0, 0.1) is 0 Å². The molecule has 0 fully saturated rings. The average Bonchev–Trinajstić information content (AvgIpc) is 2.60. The third kappa shape index (κ3) is 4.85. The molecule has 0 bridgehead atoms. The number of carbonyl (C=O) groups excluding carboxylic acids is 1. The molecule has 25 heavy (non-hydrogen) atoms. The molecule has 2 aromatic rings. The van der Waals surface area contributed by atoms with E-state index >= 15 is 0 Å². The molecule has 0 aromatic heterocycles. The predicted octanol–water partition coefficient (Wildman–Crippen LogP) is 2.27. The number of sulfonamides is 1. The summed E-state index contributed by atoms with van der Waals surface area (Å²) in [6, 6.07) is 10.8. The Morgan fingerprint density at radius 2 is 1.84 bits per heavy atom. The average molecular weight is 385 g/mol. The van der Waals surface area contributed by atoms with E-state index in [1.165, 1.54) is 26.4 Å². The fourth-order valence-corrected chi connectivity index (χ4v) is 3.51. The minimum absolute atomic E-state index is 0.0740. The Bertz CT molecular complexity index is 871. The van der Waals surface area contributed by atoms with Crippen molar-refractivity contribution in [2.45, 2.75) is 4.90 Å². The summed E-state index contributed by atoms with van der Waals surface area (Å²) < 4.78 is 36.9. The first-order valence-corrected chi connectivity index (χ1v) is 8.99. The zero-order valence-electron chi connectivity index (χ0n) is 13.6. The number of hydrogen-bond acceptors (Lipinski definition) is 5. The topological polar surface area (TPSA) is 93.7 Å². The summed E-state index contributed by atoms with van der Waals surface area (Å²) in [7, 11) is -0.958. The number of carbonyl (C=O) groups is 1. The van der Waals surface area contributed by atoms with Crippen molar-refractivity contribution in [1.29, 1.82) is 0 Å². The molecule has 0 aliphatic carbocycles. The van der Waals surface area contributed by atoms with Gasteiger partial charge in [0.25, 0.3) is 0 Å². The van der Waals surface area contributed by atoms with Gasteiger partial charge in [-0.1, -0.05) is 23.7 Å². The van der Waals surface area contributed by atoms with Gasteiger partial charge < -0.3 is 14.8 Å². The highest BCUT2D eigenvalue weighted by atomic mass is 35.5. The highest BCUT2D eigenvalue weighted by Crippen LogP contribution is 2.28. The minimum Gasteiger partial charge on any atom is -0.497 e. The van der Waals surface area contributed by atoms with Crippen molar-refractivity contribution in [3.05, 3.63) is 47.5 Å².